The van der Waals surface area contributed by atoms with Gasteiger partial charge in [0.2, 0.25) is 0 Å². The minimum atomic E-state index is -4.48. The molecule has 0 spiro atoms. The Morgan fingerprint density at radius 3 is 2.71 bits per heavy atom. The molecule has 1 amide bonds. The summed E-state index contributed by atoms with van der Waals surface area (Å²) in [6.45, 7) is 4.07. The minimum Gasteiger partial charge on any atom is -0.494 e. The number of aromatic nitrogens is 4. The predicted molar refractivity (Wildman–Crippen MR) is 110 cm³/mol. The zero-order valence-electron chi connectivity index (χ0n) is 16.4. The predicted octanol–water partition coefficient (Wildman–Crippen LogP) is 4.86. The molecule has 0 atom stereocenters. The van der Waals surface area contributed by atoms with Crippen LogP contribution in [0.25, 0.3) is 16.0 Å². The number of nitrogens with zero attached hydrogens (tertiary/aromatic N) is 4. The molecule has 4 aromatic rings. The number of benzene rings is 1. The van der Waals surface area contributed by atoms with Crippen LogP contribution in [0.15, 0.2) is 42.7 Å². The zero-order chi connectivity index (χ0) is 22.2. The van der Waals surface area contributed by atoms with Crippen molar-refractivity contribution in [3.05, 3.63) is 59.5 Å². The molecule has 0 aliphatic carbocycles. The molecule has 0 aliphatic heterocycles. The highest BCUT2D eigenvalue weighted by Crippen LogP contribution is 2.30. The summed E-state index contributed by atoms with van der Waals surface area (Å²) in [5, 5.41) is 7.24. The van der Waals surface area contributed by atoms with Gasteiger partial charge in [0, 0.05) is 6.20 Å². The number of amides is 1. The van der Waals surface area contributed by atoms with E-state index in [-0.39, 0.29) is 11.4 Å². The lowest BCUT2D eigenvalue weighted by atomic mass is 10.2. The number of nitrogens with one attached hydrogen (secondary N) is 1. The van der Waals surface area contributed by atoms with Crippen LogP contribution in [0.2, 0.25) is 0 Å². The van der Waals surface area contributed by atoms with E-state index in [0.717, 1.165) is 28.2 Å². The molecule has 0 bridgehead atoms. The van der Waals surface area contributed by atoms with E-state index in [9.17, 15) is 18.0 Å². The molecule has 0 radical (unpaired) electrons. The van der Waals surface area contributed by atoms with Crippen LogP contribution in [0.3, 0.4) is 0 Å². The summed E-state index contributed by atoms with van der Waals surface area (Å²) in [5.41, 5.74) is 0.563. The van der Waals surface area contributed by atoms with Crippen LogP contribution in [0.4, 0.5) is 18.3 Å². The Morgan fingerprint density at radius 1 is 1.23 bits per heavy atom. The number of hydrogen-bond donors (Lipinski definition) is 1. The average molecular weight is 447 g/mol. The van der Waals surface area contributed by atoms with Crippen LogP contribution in [0.5, 0.6) is 5.75 Å². The van der Waals surface area contributed by atoms with Crippen molar-refractivity contribution in [3.8, 4) is 11.6 Å². The second-order valence-electron chi connectivity index (χ2n) is 6.49. The maximum atomic E-state index is 12.7. The molecule has 0 fully saturated rings. The van der Waals surface area contributed by atoms with Gasteiger partial charge in [0.15, 0.2) is 10.9 Å². The molecule has 3 heterocycles. The Bertz CT molecular complexity index is 1250. The summed E-state index contributed by atoms with van der Waals surface area (Å²) in [6, 6.07) is 7.59. The Morgan fingerprint density at radius 2 is 2.03 bits per heavy atom. The van der Waals surface area contributed by atoms with Crippen LogP contribution >= 0.6 is 11.3 Å². The van der Waals surface area contributed by atoms with Crippen LogP contribution < -0.4 is 10.1 Å². The van der Waals surface area contributed by atoms with E-state index in [0.29, 0.717) is 17.4 Å². The highest BCUT2D eigenvalue weighted by molar-refractivity contribution is 7.22. The number of fused-ring (bicyclic) bond motifs is 1. The van der Waals surface area contributed by atoms with Gasteiger partial charge in [-0.15, -0.1) is 0 Å². The number of hydrogen-bond acceptors (Lipinski definition) is 6. The monoisotopic (exact) mass is 447 g/mol. The number of anilines is 1. The van der Waals surface area contributed by atoms with E-state index in [1.165, 1.54) is 28.3 Å². The molecule has 4 rings (SSSR count). The fourth-order valence-electron chi connectivity index (χ4n) is 2.92. The highest BCUT2D eigenvalue weighted by atomic mass is 32.1. The van der Waals surface area contributed by atoms with E-state index in [2.05, 4.69) is 20.4 Å². The minimum absolute atomic E-state index is 0.174. The second-order valence-corrected chi connectivity index (χ2v) is 7.52. The zero-order valence-corrected chi connectivity index (χ0v) is 17.2. The van der Waals surface area contributed by atoms with Crippen LogP contribution in [0, 0.1) is 6.92 Å². The Balaban J connectivity index is 1.55. The van der Waals surface area contributed by atoms with Gasteiger partial charge >= 0.3 is 6.18 Å². The molecule has 160 valence electrons. The molecular formula is C20H16F3N5O2S. The molecule has 11 heteroatoms. The number of pyridine rings is 1. The van der Waals surface area contributed by atoms with Gasteiger partial charge in [0.05, 0.1) is 39.8 Å². The summed E-state index contributed by atoms with van der Waals surface area (Å²) in [4.78, 5) is 20.9. The molecule has 0 unspecified atom stereocenters. The fourth-order valence-corrected chi connectivity index (χ4v) is 3.81. The molecule has 0 saturated carbocycles. The standard InChI is InChI=1S/C20H16F3N5O2S/c1-3-30-13-5-6-15-16(8-13)31-19(26-15)27-18(29)14-10-25-28(11(14)2)17-7-4-12(9-24-17)20(21,22)23/h4-10H,3H2,1-2H3,(H,26,27,29). The molecule has 1 aromatic carbocycles. The molecule has 7 nitrogen and oxygen atoms in total. The maximum absolute atomic E-state index is 12.7. The Hall–Kier alpha value is -3.47. The van der Waals surface area contributed by atoms with Gasteiger partial charge in [0.25, 0.3) is 5.91 Å². The molecule has 0 saturated heterocycles. The summed E-state index contributed by atoms with van der Waals surface area (Å²) >= 11 is 1.30. The number of alkyl halides is 3. The largest absolute Gasteiger partial charge is 0.494 e. The summed E-state index contributed by atoms with van der Waals surface area (Å²) < 4.78 is 45.8. The fraction of sp³-hybridized carbons (Fsp3) is 0.200. The van der Waals surface area contributed by atoms with Gasteiger partial charge < -0.3 is 4.74 Å². The first-order chi connectivity index (χ1) is 14.8. The molecule has 0 aliphatic rings. The first-order valence-electron chi connectivity index (χ1n) is 9.19. The lowest BCUT2D eigenvalue weighted by Gasteiger charge is -2.08. The molecular weight excluding hydrogens is 431 g/mol. The van der Waals surface area contributed by atoms with Gasteiger partial charge in [-0.2, -0.15) is 18.3 Å². The van der Waals surface area contributed by atoms with E-state index in [1.807, 2.05) is 25.1 Å². The SMILES string of the molecule is CCOc1ccc2nc(NC(=O)c3cnn(-c4ccc(C(F)(F)F)cn4)c3C)sc2c1. The lowest BCUT2D eigenvalue weighted by molar-refractivity contribution is -0.137. The van der Waals surface area contributed by atoms with Crippen molar-refractivity contribution >= 4 is 32.6 Å². The third kappa shape index (κ3) is 4.22. The first kappa shape index (κ1) is 20.8. The molecule has 3 aromatic heterocycles. The smallest absolute Gasteiger partial charge is 0.417 e. The van der Waals surface area contributed by atoms with Crippen LogP contribution in [0.1, 0.15) is 28.5 Å². The van der Waals surface area contributed by atoms with Crippen molar-refractivity contribution in [2.45, 2.75) is 20.0 Å². The Kier molecular flexibility index (Phi) is 5.36. The van der Waals surface area contributed by atoms with Gasteiger partial charge in [-0.1, -0.05) is 11.3 Å². The van der Waals surface area contributed by atoms with E-state index in [4.69, 9.17) is 4.74 Å². The van der Waals surface area contributed by atoms with Gasteiger partial charge in [-0.05, 0) is 44.2 Å². The second kappa shape index (κ2) is 7.99. The Labute approximate surface area is 178 Å². The quantitative estimate of drug-likeness (QED) is 0.473. The van der Waals surface area contributed by atoms with Gasteiger partial charge in [-0.3, -0.25) is 10.1 Å². The van der Waals surface area contributed by atoms with Crippen molar-refractivity contribution in [1.82, 2.24) is 19.7 Å². The normalized spacial score (nSPS) is 11.6. The topological polar surface area (TPSA) is 81.9 Å². The maximum Gasteiger partial charge on any atom is 0.417 e. The molecule has 1 N–H and O–H groups in total. The third-order valence-corrected chi connectivity index (χ3v) is 5.37. The van der Waals surface area contributed by atoms with Crippen molar-refractivity contribution in [2.24, 2.45) is 0 Å². The summed E-state index contributed by atoms with van der Waals surface area (Å²) in [7, 11) is 0. The van der Waals surface area contributed by atoms with Crippen molar-refractivity contribution in [2.75, 3.05) is 11.9 Å². The lowest BCUT2D eigenvalue weighted by Crippen LogP contribution is -2.13. The number of thiazole rings is 1. The highest BCUT2D eigenvalue weighted by Gasteiger charge is 2.30. The number of carbonyl (C=O) groups is 1. The van der Waals surface area contributed by atoms with E-state index >= 15 is 0 Å². The van der Waals surface area contributed by atoms with Gasteiger partial charge in [0.1, 0.15) is 5.75 Å². The number of halogens is 3. The van der Waals surface area contributed by atoms with Gasteiger partial charge in [-0.25, -0.2) is 14.6 Å². The van der Waals surface area contributed by atoms with Crippen molar-refractivity contribution < 1.29 is 22.7 Å². The average Bonchev–Trinajstić information content (AvgIpc) is 3.30. The summed E-state index contributed by atoms with van der Waals surface area (Å²) in [6.07, 6.45) is -2.41. The third-order valence-electron chi connectivity index (χ3n) is 4.44. The van der Waals surface area contributed by atoms with Crippen molar-refractivity contribution in [1.29, 1.82) is 0 Å². The van der Waals surface area contributed by atoms with E-state index < -0.39 is 17.6 Å². The first-order valence-corrected chi connectivity index (χ1v) is 10.0. The van der Waals surface area contributed by atoms with Crippen molar-refractivity contribution in [3.63, 3.8) is 0 Å². The van der Waals surface area contributed by atoms with Crippen LogP contribution in [-0.2, 0) is 6.18 Å². The number of ether oxygens (including phenoxy) is 1. The molecule has 31 heavy (non-hydrogen) atoms. The number of rotatable bonds is 5. The van der Waals surface area contributed by atoms with E-state index in [1.54, 1.807) is 6.92 Å². The van der Waals surface area contributed by atoms with Crippen LogP contribution in [-0.4, -0.2) is 32.3 Å². The number of carbonyl (C=O) groups excluding carboxylic acids is 1. The summed E-state index contributed by atoms with van der Waals surface area (Å²) in [5.74, 6) is 0.463.